The number of hydrogen-bond acceptors (Lipinski definition) is 3. The Morgan fingerprint density at radius 3 is 2.60 bits per heavy atom. The second kappa shape index (κ2) is 7.62. The number of fused-ring (bicyclic) bond motifs is 1. The van der Waals surface area contributed by atoms with E-state index in [2.05, 4.69) is 15.4 Å². The number of hydrogen-bond donors (Lipinski definition) is 1. The number of carbonyl (C=O) groups excluding carboxylic acids is 1. The summed E-state index contributed by atoms with van der Waals surface area (Å²) in [5.41, 5.74) is 0.870. The monoisotopic (exact) mass is 450 g/mol. The van der Waals surface area contributed by atoms with Crippen LogP contribution in [-0.2, 0) is 6.18 Å². The summed E-state index contributed by atoms with van der Waals surface area (Å²) in [6, 6.07) is 10.6. The lowest BCUT2D eigenvalue weighted by Crippen LogP contribution is -2.14. The minimum atomic E-state index is -4.54. The van der Waals surface area contributed by atoms with E-state index in [1.54, 1.807) is 30.5 Å². The first-order valence-corrected chi connectivity index (χ1v) is 9.26. The molecule has 4 aromatic rings. The van der Waals surface area contributed by atoms with Crippen LogP contribution in [0.2, 0.25) is 10.0 Å². The second-order valence-electron chi connectivity index (χ2n) is 6.29. The Kier molecular flexibility index (Phi) is 5.13. The first kappa shape index (κ1) is 20.2. The van der Waals surface area contributed by atoms with Crippen molar-refractivity contribution in [2.45, 2.75) is 6.18 Å². The summed E-state index contributed by atoms with van der Waals surface area (Å²) < 4.78 is 40.2. The number of aromatic nitrogens is 3. The van der Waals surface area contributed by atoms with Crippen molar-refractivity contribution in [3.05, 3.63) is 82.1 Å². The number of carbonyl (C=O) groups is 1. The van der Waals surface area contributed by atoms with E-state index in [0.717, 1.165) is 12.1 Å². The molecule has 0 aliphatic carbocycles. The molecule has 2 aromatic carbocycles. The molecule has 0 aliphatic rings. The van der Waals surface area contributed by atoms with E-state index in [9.17, 15) is 18.0 Å². The molecule has 152 valence electrons. The highest BCUT2D eigenvalue weighted by Gasteiger charge is 2.30. The highest BCUT2D eigenvalue weighted by molar-refractivity contribution is 6.34. The zero-order valence-corrected chi connectivity index (χ0v) is 16.4. The Bertz CT molecular complexity index is 1270. The van der Waals surface area contributed by atoms with Crippen LogP contribution in [0.1, 0.15) is 15.9 Å². The zero-order valence-electron chi connectivity index (χ0n) is 14.9. The van der Waals surface area contributed by atoms with Gasteiger partial charge in [-0.15, -0.1) is 0 Å². The van der Waals surface area contributed by atoms with Crippen LogP contribution in [0.15, 0.2) is 60.9 Å². The minimum absolute atomic E-state index is 0.119. The molecular formula is C20H11Cl2F3N4O. The van der Waals surface area contributed by atoms with Gasteiger partial charge in [0.05, 0.1) is 22.5 Å². The number of halogens is 5. The number of rotatable bonds is 3. The fourth-order valence-corrected chi connectivity index (χ4v) is 3.29. The van der Waals surface area contributed by atoms with Crippen LogP contribution in [0.3, 0.4) is 0 Å². The van der Waals surface area contributed by atoms with E-state index < -0.39 is 17.6 Å². The molecule has 0 spiro atoms. The number of amides is 1. The molecule has 1 amide bonds. The van der Waals surface area contributed by atoms with Crippen molar-refractivity contribution in [2.75, 3.05) is 5.32 Å². The standard InChI is InChI=1S/C20H11Cl2F3N4O/c21-15-5-4-13(28-19(30)11-2-1-3-12(8-11)20(23,24)25)9-14(15)17-6-7-26-18-16(22)10-27-29(17)18/h1-10H,(H,28,30). The van der Waals surface area contributed by atoms with Gasteiger partial charge in [0.2, 0.25) is 0 Å². The van der Waals surface area contributed by atoms with Gasteiger partial charge < -0.3 is 5.32 Å². The average Bonchev–Trinajstić information content (AvgIpc) is 3.10. The van der Waals surface area contributed by atoms with Gasteiger partial charge in [-0.25, -0.2) is 9.50 Å². The predicted molar refractivity (Wildman–Crippen MR) is 108 cm³/mol. The smallest absolute Gasteiger partial charge is 0.322 e. The molecule has 0 radical (unpaired) electrons. The van der Waals surface area contributed by atoms with Crippen LogP contribution in [0.25, 0.3) is 16.9 Å². The SMILES string of the molecule is O=C(Nc1ccc(Cl)c(-c2ccnc3c(Cl)cnn23)c1)c1cccc(C(F)(F)F)c1. The molecule has 1 N–H and O–H groups in total. The Labute approximate surface area is 178 Å². The zero-order chi connectivity index (χ0) is 21.5. The molecule has 2 aromatic heterocycles. The number of nitrogens with zero attached hydrogens (tertiary/aromatic N) is 3. The van der Waals surface area contributed by atoms with Crippen molar-refractivity contribution < 1.29 is 18.0 Å². The first-order valence-electron chi connectivity index (χ1n) is 8.51. The fourth-order valence-electron chi connectivity index (χ4n) is 2.91. The molecule has 5 nitrogen and oxygen atoms in total. The minimum Gasteiger partial charge on any atom is -0.322 e. The van der Waals surface area contributed by atoms with Crippen LogP contribution in [0.5, 0.6) is 0 Å². The van der Waals surface area contributed by atoms with Crippen molar-refractivity contribution in [3.63, 3.8) is 0 Å². The van der Waals surface area contributed by atoms with Crippen LogP contribution in [-0.4, -0.2) is 20.5 Å². The molecule has 0 atom stereocenters. The van der Waals surface area contributed by atoms with Crippen molar-refractivity contribution in [3.8, 4) is 11.3 Å². The molecule has 0 saturated carbocycles. The van der Waals surface area contributed by atoms with Gasteiger partial charge >= 0.3 is 6.18 Å². The molecule has 4 rings (SSSR count). The topological polar surface area (TPSA) is 59.3 Å². The lowest BCUT2D eigenvalue weighted by Gasteiger charge is -2.12. The Balaban J connectivity index is 1.68. The first-order chi connectivity index (χ1) is 14.2. The third-order valence-electron chi connectivity index (χ3n) is 4.31. The molecule has 30 heavy (non-hydrogen) atoms. The quantitative estimate of drug-likeness (QED) is 0.417. The third kappa shape index (κ3) is 3.83. The molecule has 0 unspecified atom stereocenters. The lowest BCUT2D eigenvalue weighted by atomic mass is 10.1. The molecule has 2 heterocycles. The number of anilines is 1. The van der Waals surface area contributed by atoms with E-state index in [1.165, 1.54) is 22.8 Å². The summed E-state index contributed by atoms with van der Waals surface area (Å²) in [4.78, 5) is 16.6. The maximum atomic E-state index is 12.9. The lowest BCUT2D eigenvalue weighted by molar-refractivity contribution is -0.137. The van der Waals surface area contributed by atoms with Gasteiger partial charge in [0.15, 0.2) is 5.65 Å². The van der Waals surface area contributed by atoms with Crippen molar-refractivity contribution in [1.29, 1.82) is 0 Å². The van der Waals surface area contributed by atoms with E-state index in [1.807, 2.05) is 0 Å². The Morgan fingerprint density at radius 1 is 1.03 bits per heavy atom. The summed E-state index contributed by atoms with van der Waals surface area (Å²) in [6.07, 6.45) is -1.55. The van der Waals surface area contributed by atoms with Crippen molar-refractivity contribution in [2.24, 2.45) is 0 Å². The molecule has 0 fully saturated rings. The third-order valence-corrected chi connectivity index (χ3v) is 4.91. The summed E-state index contributed by atoms with van der Waals surface area (Å²) in [7, 11) is 0. The molecule has 0 aliphatic heterocycles. The van der Waals surface area contributed by atoms with Crippen molar-refractivity contribution in [1.82, 2.24) is 14.6 Å². The summed E-state index contributed by atoms with van der Waals surface area (Å²) in [5, 5.41) is 7.51. The number of nitrogens with one attached hydrogen (secondary N) is 1. The van der Waals surface area contributed by atoms with Crippen LogP contribution in [0.4, 0.5) is 18.9 Å². The van der Waals surface area contributed by atoms with Gasteiger partial charge in [0.1, 0.15) is 5.02 Å². The van der Waals surface area contributed by atoms with Gasteiger partial charge in [-0.05, 0) is 42.5 Å². The number of alkyl halides is 3. The maximum absolute atomic E-state index is 12.9. The highest BCUT2D eigenvalue weighted by atomic mass is 35.5. The predicted octanol–water partition coefficient (Wildman–Crippen LogP) is 5.97. The molecule has 0 bridgehead atoms. The van der Waals surface area contributed by atoms with Gasteiger partial charge in [0, 0.05) is 23.0 Å². The normalized spacial score (nSPS) is 11.6. The second-order valence-corrected chi connectivity index (χ2v) is 7.10. The molecule has 10 heteroatoms. The summed E-state index contributed by atoms with van der Waals surface area (Å²) in [6.45, 7) is 0. The Morgan fingerprint density at radius 2 is 1.83 bits per heavy atom. The van der Waals surface area contributed by atoms with Gasteiger partial charge in [-0.2, -0.15) is 18.3 Å². The largest absolute Gasteiger partial charge is 0.416 e. The highest BCUT2D eigenvalue weighted by Crippen LogP contribution is 2.32. The van der Waals surface area contributed by atoms with E-state index >= 15 is 0 Å². The maximum Gasteiger partial charge on any atom is 0.416 e. The molecular weight excluding hydrogens is 440 g/mol. The molecule has 0 saturated heterocycles. The van der Waals surface area contributed by atoms with Gasteiger partial charge in [-0.3, -0.25) is 4.79 Å². The van der Waals surface area contributed by atoms with E-state index in [0.29, 0.717) is 32.6 Å². The van der Waals surface area contributed by atoms with Gasteiger partial charge in [-0.1, -0.05) is 29.3 Å². The van der Waals surface area contributed by atoms with Crippen LogP contribution in [0, 0.1) is 0 Å². The number of benzene rings is 2. The average molecular weight is 451 g/mol. The summed E-state index contributed by atoms with van der Waals surface area (Å²) >= 11 is 12.4. The van der Waals surface area contributed by atoms with E-state index in [4.69, 9.17) is 23.2 Å². The van der Waals surface area contributed by atoms with Crippen LogP contribution >= 0.6 is 23.2 Å². The van der Waals surface area contributed by atoms with E-state index in [-0.39, 0.29) is 5.56 Å². The fraction of sp³-hybridized carbons (Fsp3) is 0.0500. The Hall–Kier alpha value is -3.10. The van der Waals surface area contributed by atoms with Gasteiger partial charge in [0.25, 0.3) is 5.91 Å². The summed E-state index contributed by atoms with van der Waals surface area (Å²) in [5.74, 6) is -0.684. The van der Waals surface area contributed by atoms with Crippen molar-refractivity contribution >= 4 is 40.4 Å². The van der Waals surface area contributed by atoms with Crippen LogP contribution < -0.4 is 5.32 Å².